The van der Waals surface area contributed by atoms with E-state index in [4.69, 9.17) is 9.97 Å². The standard InChI is InChI=1S/C49H54N2P2/c52-49(44-15-7-9-17-50-44,45-16-8-10-18-51-45)43-25-41(39-11-3-1-4-12-39)46(40-13-5-2-6-14-40)42(43)32-53(47-26-33-19-34(27-47)21-35(20-33)28-47)48-29-36-22-37(30-48)24-38(23-36)31-48/h1-18,25,33-38,46H,19-24,26-32,52H2. The highest BCUT2D eigenvalue weighted by atomic mass is 31.1. The van der Waals surface area contributed by atoms with Gasteiger partial charge in [0.1, 0.15) is 0 Å². The number of pyridine rings is 2. The molecule has 4 heteroatoms. The fourth-order valence-corrected chi connectivity index (χ4v) is 20.4. The van der Waals surface area contributed by atoms with E-state index in [2.05, 4.69) is 112 Å². The minimum Gasteiger partial charge on any atom is -0.260 e. The SMILES string of the molecule is PC(C1=C(CP(C23CC4CC(CC(C4)C2)C3)C23CC4CC(CC(C4)C2)C3)C(c2ccccc2)C(c2ccccc2)=C1)(c1ccccn1)c1ccccn1. The molecule has 8 saturated carbocycles. The van der Waals surface area contributed by atoms with Crippen molar-refractivity contribution in [2.45, 2.75) is 98.4 Å². The summed E-state index contributed by atoms with van der Waals surface area (Å²) in [5.74, 6) is 6.07. The van der Waals surface area contributed by atoms with Gasteiger partial charge in [-0.3, -0.25) is 9.97 Å². The molecule has 13 rings (SSSR count). The molecule has 2 atom stereocenters. The maximum Gasteiger partial charge on any atom is 0.0933 e. The van der Waals surface area contributed by atoms with Gasteiger partial charge in [0, 0.05) is 18.3 Å². The topological polar surface area (TPSA) is 25.8 Å². The molecular weight excluding hydrogens is 679 g/mol. The number of nitrogens with zero attached hydrogens (tertiary/aromatic N) is 2. The van der Waals surface area contributed by atoms with Gasteiger partial charge < -0.3 is 0 Å². The first-order valence-electron chi connectivity index (χ1n) is 20.9. The van der Waals surface area contributed by atoms with Gasteiger partial charge in [0.25, 0.3) is 0 Å². The van der Waals surface area contributed by atoms with Crippen molar-refractivity contribution in [3.05, 3.63) is 149 Å². The van der Waals surface area contributed by atoms with Crippen LogP contribution in [0.3, 0.4) is 0 Å². The summed E-state index contributed by atoms with van der Waals surface area (Å²) in [6.45, 7) is 0. The minimum absolute atomic E-state index is 0.216. The first-order valence-corrected chi connectivity index (χ1v) is 23.0. The molecule has 0 N–H and O–H groups in total. The lowest BCUT2D eigenvalue weighted by Gasteiger charge is -2.68. The molecule has 4 aromatic rings. The van der Waals surface area contributed by atoms with E-state index in [-0.39, 0.29) is 13.8 Å². The van der Waals surface area contributed by atoms with Crippen molar-refractivity contribution < 1.29 is 0 Å². The van der Waals surface area contributed by atoms with E-state index >= 15 is 0 Å². The number of allylic oxidation sites excluding steroid dienone is 4. The second-order valence-electron chi connectivity index (χ2n) is 18.9. The van der Waals surface area contributed by atoms with E-state index in [1.807, 2.05) is 12.4 Å². The van der Waals surface area contributed by atoms with Gasteiger partial charge in [0.2, 0.25) is 0 Å². The predicted octanol–water partition coefficient (Wildman–Crippen LogP) is 12.2. The van der Waals surface area contributed by atoms with Gasteiger partial charge >= 0.3 is 0 Å². The molecule has 2 aromatic heterocycles. The van der Waals surface area contributed by atoms with E-state index in [0.717, 1.165) is 46.9 Å². The zero-order chi connectivity index (χ0) is 35.2. The Kier molecular flexibility index (Phi) is 8.08. The molecule has 0 aliphatic heterocycles. The van der Waals surface area contributed by atoms with Crippen molar-refractivity contribution in [2.24, 2.45) is 35.5 Å². The van der Waals surface area contributed by atoms with Crippen molar-refractivity contribution in [2.75, 3.05) is 6.16 Å². The van der Waals surface area contributed by atoms with Crippen LogP contribution >= 0.6 is 17.2 Å². The summed E-state index contributed by atoms with van der Waals surface area (Å²) in [6, 6.07) is 35.9. The highest BCUT2D eigenvalue weighted by molar-refractivity contribution is 7.61. The molecule has 0 saturated heterocycles. The zero-order valence-electron chi connectivity index (χ0n) is 31.1. The predicted molar refractivity (Wildman–Crippen MR) is 223 cm³/mol. The molecule has 2 unspecified atom stereocenters. The van der Waals surface area contributed by atoms with E-state index in [0.29, 0.717) is 10.3 Å². The molecule has 9 aliphatic rings. The molecule has 0 amide bonds. The largest absolute Gasteiger partial charge is 0.260 e. The molecule has 9 aliphatic carbocycles. The number of benzene rings is 2. The van der Waals surface area contributed by atoms with E-state index in [9.17, 15) is 0 Å². The fraction of sp³-hybridized carbons (Fsp3) is 0.469. The molecule has 2 nitrogen and oxygen atoms in total. The third-order valence-electron chi connectivity index (χ3n) is 15.6. The fourth-order valence-electron chi connectivity index (χ4n) is 14.5. The summed E-state index contributed by atoms with van der Waals surface area (Å²) in [4.78, 5) is 10.3. The van der Waals surface area contributed by atoms with Crippen LogP contribution < -0.4 is 0 Å². The molecule has 8 fully saturated rings. The van der Waals surface area contributed by atoms with Crippen LogP contribution in [0.1, 0.15) is 105 Å². The number of aromatic nitrogens is 2. The summed E-state index contributed by atoms with van der Waals surface area (Å²) in [5, 5.41) is 0.527. The lowest BCUT2D eigenvalue weighted by Crippen LogP contribution is -2.57. The molecular formula is C49H54N2P2. The molecule has 2 aromatic carbocycles. The van der Waals surface area contributed by atoms with Gasteiger partial charge in [0.05, 0.1) is 16.5 Å². The summed E-state index contributed by atoms with van der Waals surface area (Å²) in [7, 11) is 3.12. The van der Waals surface area contributed by atoms with Gasteiger partial charge in [-0.05, 0) is 181 Å². The number of hydrogen-bond donors (Lipinski definition) is 0. The first kappa shape index (κ1) is 33.4. The average molecular weight is 733 g/mol. The minimum atomic E-state index is -0.564. The van der Waals surface area contributed by atoms with Crippen LogP contribution in [0.4, 0.5) is 0 Å². The molecule has 270 valence electrons. The van der Waals surface area contributed by atoms with Crippen molar-refractivity contribution in [1.29, 1.82) is 0 Å². The van der Waals surface area contributed by atoms with Crippen molar-refractivity contribution in [3.63, 3.8) is 0 Å². The lowest BCUT2D eigenvalue weighted by atomic mass is 9.55. The van der Waals surface area contributed by atoms with E-state index < -0.39 is 5.16 Å². The number of rotatable bonds is 9. The maximum absolute atomic E-state index is 5.17. The van der Waals surface area contributed by atoms with E-state index in [1.165, 1.54) is 105 Å². The number of hydrogen-bond acceptors (Lipinski definition) is 2. The van der Waals surface area contributed by atoms with Gasteiger partial charge in [0.15, 0.2) is 0 Å². The Morgan fingerprint density at radius 2 is 1.00 bits per heavy atom. The lowest BCUT2D eigenvalue weighted by molar-refractivity contribution is 0.0187. The Labute approximate surface area is 320 Å². The second-order valence-corrected chi connectivity index (χ2v) is 22.8. The highest BCUT2D eigenvalue weighted by Gasteiger charge is 2.63. The Hall–Kier alpha value is -2.92. The highest BCUT2D eigenvalue weighted by Crippen LogP contribution is 2.80. The van der Waals surface area contributed by atoms with Gasteiger partial charge in [-0.1, -0.05) is 86.8 Å². The van der Waals surface area contributed by atoms with Crippen LogP contribution in [-0.2, 0) is 5.16 Å². The average Bonchev–Trinajstić information content (AvgIpc) is 3.57. The van der Waals surface area contributed by atoms with Crippen LogP contribution in [0.15, 0.2) is 127 Å². The monoisotopic (exact) mass is 732 g/mol. The Bertz CT molecular complexity index is 1880. The quantitative estimate of drug-likeness (QED) is 0.160. The maximum atomic E-state index is 5.17. The van der Waals surface area contributed by atoms with E-state index in [1.54, 1.807) is 5.57 Å². The normalized spacial score (nSPS) is 35.9. The molecule has 2 heterocycles. The molecule has 8 bridgehead atoms. The Morgan fingerprint density at radius 3 is 1.43 bits per heavy atom. The van der Waals surface area contributed by atoms with Crippen LogP contribution in [0, 0.1) is 35.5 Å². The van der Waals surface area contributed by atoms with Gasteiger partial charge in [-0.2, -0.15) is 0 Å². The van der Waals surface area contributed by atoms with Crippen molar-refractivity contribution in [1.82, 2.24) is 9.97 Å². The summed E-state index contributed by atoms with van der Waals surface area (Å²) in [6.07, 6.45) is 26.2. The zero-order valence-corrected chi connectivity index (χ0v) is 33.2. The molecule has 53 heavy (non-hydrogen) atoms. The third-order valence-corrected chi connectivity index (χ3v) is 20.5. The Morgan fingerprint density at radius 1 is 0.566 bits per heavy atom. The molecule has 0 spiro atoms. The summed E-state index contributed by atoms with van der Waals surface area (Å²) < 4.78 is 0. The smallest absolute Gasteiger partial charge is 0.0933 e. The van der Waals surface area contributed by atoms with Crippen LogP contribution in [0.2, 0.25) is 0 Å². The Balaban J connectivity index is 1.16. The van der Waals surface area contributed by atoms with Crippen LogP contribution in [0.5, 0.6) is 0 Å². The molecule has 0 radical (unpaired) electrons. The summed E-state index contributed by atoms with van der Waals surface area (Å²) >= 11 is 0. The van der Waals surface area contributed by atoms with Crippen molar-refractivity contribution in [3.8, 4) is 0 Å². The second kappa shape index (κ2) is 12.8. The van der Waals surface area contributed by atoms with Gasteiger partial charge in [-0.25, -0.2) is 0 Å². The third kappa shape index (κ3) is 5.47. The first-order chi connectivity index (χ1) is 26.0. The van der Waals surface area contributed by atoms with Crippen LogP contribution in [0.25, 0.3) is 5.57 Å². The summed E-state index contributed by atoms with van der Waals surface area (Å²) in [5.41, 5.74) is 9.50. The van der Waals surface area contributed by atoms with Crippen molar-refractivity contribution >= 4 is 22.7 Å². The van der Waals surface area contributed by atoms with Gasteiger partial charge in [-0.15, -0.1) is 9.24 Å². The van der Waals surface area contributed by atoms with Crippen LogP contribution in [-0.4, -0.2) is 26.4 Å².